The van der Waals surface area contributed by atoms with E-state index in [9.17, 15) is 0 Å². The van der Waals surface area contributed by atoms with Crippen LogP contribution in [0.2, 0.25) is 0 Å². The summed E-state index contributed by atoms with van der Waals surface area (Å²) in [6, 6.07) is 28.9. The Hall–Kier alpha value is -3.92. The van der Waals surface area contributed by atoms with Gasteiger partial charge in [0.15, 0.2) is 5.82 Å². The molecule has 0 radical (unpaired) electrons. The zero-order valence-corrected chi connectivity index (χ0v) is 17.8. The Labute approximate surface area is 181 Å². The second-order valence-electron chi connectivity index (χ2n) is 7.69. The molecule has 4 heteroatoms. The molecule has 31 heavy (non-hydrogen) atoms. The van der Waals surface area contributed by atoms with Crippen molar-refractivity contribution in [3.63, 3.8) is 0 Å². The smallest absolute Gasteiger partial charge is 0.162 e. The lowest BCUT2D eigenvalue weighted by atomic mass is 10.1. The first-order chi connectivity index (χ1) is 15.1. The van der Waals surface area contributed by atoms with Crippen LogP contribution in [0.3, 0.4) is 0 Å². The van der Waals surface area contributed by atoms with E-state index in [4.69, 9.17) is 14.7 Å². The lowest BCUT2D eigenvalue weighted by Gasteiger charge is -2.09. The lowest BCUT2D eigenvalue weighted by molar-refractivity contribution is 0.415. The number of ether oxygens (including phenoxy) is 1. The van der Waals surface area contributed by atoms with E-state index in [1.807, 2.05) is 30.3 Å². The van der Waals surface area contributed by atoms with Crippen LogP contribution in [0.5, 0.6) is 5.75 Å². The molecule has 0 N–H and O–H groups in total. The van der Waals surface area contributed by atoms with Gasteiger partial charge in [0, 0.05) is 23.6 Å². The number of rotatable bonds is 4. The summed E-state index contributed by atoms with van der Waals surface area (Å²) >= 11 is 0. The number of nitrogens with zero attached hydrogens (tertiary/aromatic N) is 3. The van der Waals surface area contributed by atoms with Crippen molar-refractivity contribution < 1.29 is 4.74 Å². The summed E-state index contributed by atoms with van der Waals surface area (Å²) in [5.74, 6) is 1.52. The maximum Gasteiger partial charge on any atom is 0.162 e. The molecule has 0 saturated heterocycles. The fraction of sp³-hybridized carbons (Fsp3) is 0.111. The molecule has 3 aromatic carbocycles. The number of hydrogen-bond donors (Lipinski definition) is 0. The molecule has 5 rings (SSSR count). The average molecular weight is 406 g/mol. The molecule has 152 valence electrons. The van der Waals surface area contributed by atoms with Gasteiger partial charge in [0.25, 0.3) is 0 Å². The molecular formula is C27H23N3O. The van der Waals surface area contributed by atoms with Gasteiger partial charge in [-0.3, -0.25) is 0 Å². The summed E-state index contributed by atoms with van der Waals surface area (Å²) < 4.78 is 7.46. The second kappa shape index (κ2) is 7.73. The molecule has 0 fully saturated rings. The van der Waals surface area contributed by atoms with E-state index in [1.165, 1.54) is 5.56 Å². The zero-order chi connectivity index (χ0) is 21.4. The highest BCUT2D eigenvalue weighted by Crippen LogP contribution is 2.34. The highest BCUT2D eigenvalue weighted by atomic mass is 16.5. The van der Waals surface area contributed by atoms with Crippen LogP contribution in [0.25, 0.3) is 44.9 Å². The van der Waals surface area contributed by atoms with Crippen molar-refractivity contribution in [2.24, 2.45) is 7.05 Å². The Morgan fingerprint density at radius 2 is 1.48 bits per heavy atom. The minimum absolute atomic E-state index is 0.701. The topological polar surface area (TPSA) is 39.9 Å². The van der Waals surface area contributed by atoms with Crippen molar-refractivity contribution in [2.75, 3.05) is 7.11 Å². The van der Waals surface area contributed by atoms with Gasteiger partial charge in [-0.25, -0.2) is 9.97 Å². The Kier molecular flexibility index (Phi) is 4.75. The van der Waals surface area contributed by atoms with Crippen molar-refractivity contribution in [1.29, 1.82) is 0 Å². The quantitative estimate of drug-likeness (QED) is 0.353. The van der Waals surface area contributed by atoms with Gasteiger partial charge in [-0.2, -0.15) is 0 Å². The van der Waals surface area contributed by atoms with E-state index < -0.39 is 0 Å². The van der Waals surface area contributed by atoms with Crippen LogP contribution >= 0.6 is 0 Å². The SMILES string of the molecule is COc1ccc(-c2nc(-c3cccc(C)c3)c3cc(-c4ccccc4)n(C)c3n2)cc1. The number of aryl methyl sites for hydroxylation is 2. The van der Waals surface area contributed by atoms with Crippen LogP contribution < -0.4 is 4.74 Å². The monoisotopic (exact) mass is 405 g/mol. The van der Waals surface area contributed by atoms with Crippen molar-refractivity contribution in [1.82, 2.24) is 14.5 Å². The van der Waals surface area contributed by atoms with E-state index >= 15 is 0 Å². The van der Waals surface area contributed by atoms with Gasteiger partial charge in [-0.1, -0.05) is 54.1 Å². The average Bonchev–Trinajstić information content (AvgIpc) is 3.15. The fourth-order valence-electron chi connectivity index (χ4n) is 3.96. The second-order valence-corrected chi connectivity index (χ2v) is 7.69. The van der Waals surface area contributed by atoms with Crippen molar-refractivity contribution in [3.8, 4) is 39.7 Å². The summed E-state index contributed by atoms with van der Waals surface area (Å²) in [6.07, 6.45) is 0. The Bertz CT molecular complexity index is 1370. The third-order valence-corrected chi connectivity index (χ3v) is 5.59. The first kappa shape index (κ1) is 19.1. The third-order valence-electron chi connectivity index (χ3n) is 5.59. The molecule has 2 aromatic heterocycles. The van der Waals surface area contributed by atoms with E-state index in [2.05, 4.69) is 73.1 Å². The van der Waals surface area contributed by atoms with E-state index in [0.717, 1.165) is 44.9 Å². The highest BCUT2D eigenvalue weighted by Gasteiger charge is 2.17. The van der Waals surface area contributed by atoms with Crippen LogP contribution in [0.1, 0.15) is 5.56 Å². The van der Waals surface area contributed by atoms with Gasteiger partial charge in [-0.15, -0.1) is 0 Å². The molecule has 0 saturated carbocycles. The first-order valence-corrected chi connectivity index (χ1v) is 10.3. The van der Waals surface area contributed by atoms with E-state index in [0.29, 0.717) is 5.82 Å². The number of hydrogen-bond acceptors (Lipinski definition) is 3. The largest absolute Gasteiger partial charge is 0.497 e. The van der Waals surface area contributed by atoms with Crippen LogP contribution in [-0.4, -0.2) is 21.6 Å². The molecule has 0 aliphatic carbocycles. The van der Waals surface area contributed by atoms with Crippen molar-refractivity contribution in [3.05, 3.63) is 90.5 Å². The summed E-state index contributed by atoms with van der Waals surface area (Å²) in [6.45, 7) is 2.10. The summed E-state index contributed by atoms with van der Waals surface area (Å²) in [7, 11) is 3.73. The molecule has 2 heterocycles. The first-order valence-electron chi connectivity index (χ1n) is 10.3. The Morgan fingerprint density at radius 1 is 0.742 bits per heavy atom. The summed E-state index contributed by atoms with van der Waals surface area (Å²) in [4.78, 5) is 9.99. The normalized spacial score (nSPS) is 11.1. The molecule has 0 bridgehead atoms. The van der Waals surface area contributed by atoms with Crippen LogP contribution in [0.15, 0.2) is 84.9 Å². The predicted octanol–water partition coefficient (Wildman–Crippen LogP) is 6.29. The molecule has 0 atom stereocenters. The maximum atomic E-state index is 5.31. The summed E-state index contributed by atoms with van der Waals surface area (Å²) in [5, 5.41) is 1.05. The lowest BCUT2D eigenvalue weighted by Crippen LogP contribution is -1.98. The number of benzene rings is 3. The fourth-order valence-corrected chi connectivity index (χ4v) is 3.96. The minimum atomic E-state index is 0.701. The van der Waals surface area contributed by atoms with Crippen molar-refractivity contribution >= 4 is 11.0 Å². The molecule has 4 nitrogen and oxygen atoms in total. The van der Waals surface area contributed by atoms with Crippen molar-refractivity contribution in [2.45, 2.75) is 6.92 Å². The van der Waals surface area contributed by atoms with Gasteiger partial charge >= 0.3 is 0 Å². The van der Waals surface area contributed by atoms with Crippen LogP contribution in [0, 0.1) is 6.92 Å². The standard InChI is InChI=1S/C27H23N3O/c1-18-8-7-11-21(16-18)25-23-17-24(19-9-5-4-6-10-19)30(2)27(23)29-26(28-25)20-12-14-22(31-3)15-13-20/h4-17H,1-3H3. The Balaban J connectivity index is 1.79. The third kappa shape index (κ3) is 3.46. The molecule has 0 amide bonds. The molecule has 0 aliphatic rings. The number of methoxy groups -OCH3 is 1. The summed E-state index contributed by atoms with van der Waals surface area (Å²) in [5.41, 5.74) is 7.38. The predicted molar refractivity (Wildman–Crippen MR) is 126 cm³/mol. The van der Waals surface area contributed by atoms with Gasteiger partial charge in [-0.05, 0) is 48.9 Å². The van der Waals surface area contributed by atoms with E-state index in [-0.39, 0.29) is 0 Å². The van der Waals surface area contributed by atoms with Gasteiger partial charge in [0.05, 0.1) is 18.5 Å². The molecule has 0 unspecified atom stereocenters. The minimum Gasteiger partial charge on any atom is -0.497 e. The number of aromatic nitrogens is 3. The molecule has 5 aromatic rings. The van der Waals surface area contributed by atoms with Crippen LogP contribution in [0.4, 0.5) is 0 Å². The highest BCUT2D eigenvalue weighted by molar-refractivity contribution is 5.96. The van der Waals surface area contributed by atoms with Crippen LogP contribution in [-0.2, 0) is 7.05 Å². The van der Waals surface area contributed by atoms with Gasteiger partial charge in [0.1, 0.15) is 11.4 Å². The van der Waals surface area contributed by atoms with Gasteiger partial charge in [0.2, 0.25) is 0 Å². The molecule has 0 spiro atoms. The maximum absolute atomic E-state index is 5.31. The van der Waals surface area contributed by atoms with Gasteiger partial charge < -0.3 is 9.30 Å². The Morgan fingerprint density at radius 3 is 2.19 bits per heavy atom. The number of fused-ring (bicyclic) bond motifs is 1. The van der Waals surface area contributed by atoms with E-state index in [1.54, 1.807) is 7.11 Å². The zero-order valence-electron chi connectivity index (χ0n) is 17.8. The molecule has 0 aliphatic heterocycles. The molecular weight excluding hydrogens is 382 g/mol.